The maximum absolute atomic E-state index is 11.8. The minimum Gasteiger partial charge on any atom is -0.359 e. The van der Waals surface area contributed by atoms with E-state index in [0.29, 0.717) is 6.42 Å². The lowest BCUT2D eigenvalue weighted by atomic mass is 10.1. The molecule has 2 N–H and O–H groups in total. The maximum Gasteiger partial charge on any atom is 0.224 e. The number of hydrogen-bond donors (Lipinski definition) is 2. The summed E-state index contributed by atoms with van der Waals surface area (Å²) in [6, 6.07) is 7.38. The molecule has 0 aliphatic heterocycles. The number of carbonyl (C=O) groups excluding carboxylic acids is 2. The van der Waals surface area contributed by atoms with Gasteiger partial charge in [-0.05, 0) is 24.5 Å². The van der Waals surface area contributed by atoms with Gasteiger partial charge in [-0.3, -0.25) is 9.59 Å². The zero-order valence-electron chi connectivity index (χ0n) is 11.0. The predicted molar refractivity (Wildman–Crippen MR) is 80.5 cm³/mol. The molecule has 1 aromatic rings. The fourth-order valence-electron chi connectivity index (χ4n) is 1.65. The van der Waals surface area contributed by atoms with Crippen molar-refractivity contribution < 1.29 is 9.59 Å². The number of alkyl halides is 1. The molecule has 0 saturated carbocycles. The zero-order valence-corrected chi connectivity index (χ0v) is 12.6. The van der Waals surface area contributed by atoms with Crippen LogP contribution in [0.5, 0.6) is 0 Å². The molecule has 1 aromatic carbocycles. The topological polar surface area (TPSA) is 58.2 Å². The van der Waals surface area contributed by atoms with E-state index in [1.54, 1.807) is 7.05 Å². The van der Waals surface area contributed by atoms with Gasteiger partial charge in [0.1, 0.15) is 0 Å². The summed E-state index contributed by atoms with van der Waals surface area (Å²) in [5.41, 5.74) is 1.55. The van der Waals surface area contributed by atoms with Crippen molar-refractivity contribution in [3.8, 4) is 0 Å². The molecular formula is C14H19BrN2O2. The molecule has 0 aliphatic rings. The molecule has 0 heterocycles. The number of hydrogen-bond acceptors (Lipinski definition) is 2. The van der Waals surface area contributed by atoms with Crippen LogP contribution in [0.3, 0.4) is 0 Å². The molecule has 0 saturated heterocycles. The minimum absolute atomic E-state index is 0.00898. The lowest BCUT2D eigenvalue weighted by molar-refractivity contribution is -0.120. The molecule has 0 spiro atoms. The van der Waals surface area contributed by atoms with E-state index in [1.807, 2.05) is 24.3 Å². The molecule has 19 heavy (non-hydrogen) atoms. The van der Waals surface area contributed by atoms with Crippen LogP contribution >= 0.6 is 15.9 Å². The molecule has 0 bridgehead atoms. The van der Waals surface area contributed by atoms with Crippen molar-refractivity contribution in [3.63, 3.8) is 0 Å². The van der Waals surface area contributed by atoms with Gasteiger partial charge in [-0.25, -0.2) is 0 Å². The van der Waals surface area contributed by atoms with E-state index in [4.69, 9.17) is 0 Å². The Balaban J connectivity index is 2.61. The van der Waals surface area contributed by atoms with E-state index >= 15 is 0 Å². The summed E-state index contributed by atoms with van der Waals surface area (Å²) in [5.74, 6) is -0.0775. The SMILES string of the molecule is CNC(=O)Cc1ccccc1NC(=O)CCCCBr. The highest BCUT2D eigenvalue weighted by atomic mass is 79.9. The van der Waals surface area contributed by atoms with Gasteiger partial charge >= 0.3 is 0 Å². The van der Waals surface area contributed by atoms with Crippen molar-refractivity contribution in [1.82, 2.24) is 5.32 Å². The number of benzene rings is 1. The number of anilines is 1. The highest BCUT2D eigenvalue weighted by Gasteiger charge is 2.09. The lowest BCUT2D eigenvalue weighted by Crippen LogP contribution is -2.21. The summed E-state index contributed by atoms with van der Waals surface area (Å²) in [6.07, 6.45) is 2.61. The van der Waals surface area contributed by atoms with Gasteiger partial charge in [0.15, 0.2) is 0 Å². The summed E-state index contributed by atoms with van der Waals surface area (Å²) in [6.45, 7) is 0. The quantitative estimate of drug-likeness (QED) is 0.597. The van der Waals surface area contributed by atoms with E-state index < -0.39 is 0 Å². The Hall–Kier alpha value is -1.36. The Kier molecular flexibility index (Phi) is 7.18. The summed E-state index contributed by atoms with van der Waals surface area (Å²) < 4.78 is 0. The number of carbonyl (C=O) groups is 2. The van der Waals surface area contributed by atoms with E-state index in [9.17, 15) is 9.59 Å². The molecule has 0 fully saturated rings. The first-order valence-corrected chi connectivity index (χ1v) is 7.43. The fourth-order valence-corrected chi connectivity index (χ4v) is 2.05. The van der Waals surface area contributed by atoms with Gasteiger partial charge in [0, 0.05) is 24.5 Å². The van der Waals surface area contributed by atoms with Crippen molar-refractivity contribution >= 4 is 33.4 Å². The second kappa shape index (κ2) is 8.69. The summed E-state index contributed by atoms with van der Waals surface area (Å²) in [7, 11) is 1.60. The summed E-state index contributed by atoms with van der Waals surface area (Å²) >= 11 is 3.34. The number of para-hydroxylation sites is 1. The molecule has 4 nitrogen and oxygen atoms in total. The lowest BCUT2D eigenvalue weighted by Gasteiger charge is -2.10. The van der Waals surface area contributed by atoms with Crippen LogP contribution < -0.4 is 10.6 Å². The smallest absolute Gasteiger partial charge is 0.224 e. The monoisotopic (exact) mass is 326 g/mol. The average Bonchev–Trinajstić information content (AvgIpc) is 2.41. The predicted octanol–water partition coefficient (Wildman–Crippen LogP) is 2.48. The first-order chi connectivity index (χ1) is 9.17. The first-order valence-electron chi connectivity index (χ1n) is 6.31. The van der Waals surface area contributed by atoms with Crippen molar-refractivity contribution in [1.29, 1.82) is 0 Å². The Morgan fingerprint density at radius 3 is 2.58 bits per heavy atom. The van der Waals surface area contributed by atoms with Crippen LogP contribution in [0, 0.1) is 0 Å². The van der Waals surface area contributed by atoms with Crippen LogP contribution in [0.4, 0.5) is 5.69 Å². The molecule has 2 amide bonds. The molecule has 0 aromatic heterocycles. The third-order valence-electron chi connectivity index (χ3n) is 2.71. The van der Waals surface area contributed by atoms with E-state index in [2.05, 4.69) is 26.6 Å². The van der Waals surface area contributed by atoms with E-state index in [0.717, 1.165) is 29.4 Å². The minimum atomic E-state index is -0.0685. The maximum atomic E-state index is 11.8. The van der Waals surface area contributed by atoms with Gasteiger partial charge in [0.25, 0.3) is 0 Å². The second-order valence-corrected chi connectivity index (χ2v) is 4.99. The Bertz CT molecular complexity index is 435. The average molecular weight is 327 g/mol. The number of rotatable bonds is 7. The highest BCUT2D eigenvalue weighted by Crippen LogP contribution is 2.16. The van der Waals surface area contributed by atoms with Gasteiger partial charge in [0.05, 0.1) is 6.42 Å². The first kappa shape index (κ1) is 15.7. The fraction of sp³-hybridized carbons (Fsp3) is 0.429. The van der Waals surface area contributed by atoms with Crippen LogP contribution in [0.1, 0.15) is 24.8 Å². The number of nitrogens with one attached hydrogen (secondary N) is 2. The van der Waals surface area contributed by atoms with Gasteiger partial charge < -0.3 is 10.6 Å². The molecule has 0 aliphatic carbocycles. The number of unbranched alkanes of at least 4 members (excludes halogenated alkanes) is 1. The van der Waals surface area contributed by atoms with Crippen molar-refractivity contribution in [2.75, 3.05) is 17.7 Å². The van der Waals surface area contributed by atoms with E-state index in [1.165, 1.54) is 0 Å². The largest absolute Gasteiger partial charge is 0.359 e. The van der Waals surface area contributed by atoms with Crippen LogP contribution in [-0.2, 0) is 16.0 Å². The van der Waals surface area contributed by atoms with Gasteiger partial charge in [-0.15, -0.1) is 0 Å². The Morgan fingerprint density at radius 2 is 1.89 bits per heavy atom. The normalized spacial score (nSPS) is 10.0. The molecule has 0 unspecified atom stereocenters. The summed E-state index contributed by atoms with van der Waals surface area (Å²) in [4.78, 5) is 23.2. The third-order valence-corrected chi connectivity index (χ3v) is 3.27. The number of halogens is 1. The Labute approximate surface area is 122 Å². The van der Waals surface area contributed by atoms with Gasteiger partial charge in [0.2, 0.25) is 11.8 Å². The zero-order chi connectivity index (χ0) is 14.1. The molecule has 104 valence electrons. The van der Waals surface area contributed by atoms with Crippen LogP contribution in [0.15, 0.2) is 24.3 Å². The molecular weight excluding hydrogens is 308 g/mol. The van der Waals surface area contributed by atoms with Crippen LogP contribution in [0.2, 0.25) is 0 Å². The molecule has 5 heteroatoms. The molecule has 1 rings (SSSR count). The molecule has 0 atom stereocenters. The Morgan fingerprint density at radius 1 is 1.16 bits per heavy atom. The van der Waals surface area contributed by atoms with Crippen LogP contribution in [0.25, 0.3) is 0 Å². The van der Waals surface area contributed by atoms with Gasteiger partial charge in [-0.1, -0.05) is 34.1 Å². The van der Waals surface area contributed by atoms with Crippen LogP contribution in [-0.4, -0.2) is 24.2 Å². The molecule has 0 radical (unpaired) electrons. The van der Waals surface area contributed by atoms with E-state index in [-0.39, 0.29) is 18.2 Å². The third kappa shape index (κ3) is 5.87. The number of likely N-dealkylation sites (N-methyl/N-ethyl adjacent to an activating group) is 1. The van der Waals surface area contributed by atoms with Gasteiger partial charge in [-0.2, -0.15) is 0 Å². The number of amides is 2. The van der Waals surface area contributed by atoms with Crippen molar-refractivity contribution in [2.45, 2.75) is 25.7 Å². The van der Waals surface area contributed by atoms with Crippen molar-refractivity contribution in [3.05, 3.63) is 29.8 Å². The summed E-state index contributed by atoms with van der Waals surface area (Å²) in [5, 5.41) is 6.35. The van der Waals surface area contributed by atoms with Crippen molar-refractivity contribution in [2.24, 2.45) is 0 Å². The second-order valence-electron chi connectivity index (χ2n) is 4.20. The highest BCUT2D eigenvalue weighted by molar-refractivity contribution is 9.09. The standard InChI is InChI=1S/C14H19BrN2O2/c1-16-14(19)10-11-6-2-3-7-12(11)17-13(18)8-4-5-9-15/h2-3,6-7H,4-5,8-10H2,1H3,(H,16,19)(H,17,18).